The van der Waals surface area contributed by atoms with Crippen molar-refractivity contribution in [1.29, 1.82) is 0 Å². The van der Waals surface area contributed by atoms with Gasteiger partial charge in [-0.15, -0.1) is 0 Å². The Morgan fingerprint density at radius 3 is 2.89 bits per heavy atom. The highest BCUT2D eigenvalue weighted by atomic mass is 127. The number of rotatable bonds is 3. The van der Waals surface area contributed by atoms with E-state index < -0.39 is 5.97 Å². The summed E-state index contributed by atoms with van der Waals surface area (Å²) in [7, 11) is 0. The maximum absolute atomic E-state index is 11.7. The molecule has 0 bridgehead atoms. The number of carbonyl (C=O) groups excluding carboxylic acids is 1. The van der Waals surface area contributed by atoms with Crippen molar-refractivity contribution in [3.63, 3.8) is 0 Å². The van der Waals surface area contributed by atoms with Crippen molar-refractivity contribution < 1.29 is 9.53 Å². The number of carbonyl (C=O) groups is 1. The number of nitrogens with two attached hydrogens (primary N) is 1. The lowest BCUT2D eigenvalue weighted by Gasteiger charge is -2.08. The SMILES string of the molecule is CCOC(=O)c1nc(C)n(-c2cccc(I)c2)c1N. The van der Waals surface area contributed by atoms with Crippen molar-refractivity contribution in [2.24, 2.45) is 0 Å². The molecule has 0 amide bonds. The van der Waals surface area contributed by atoms with E-state index in [4.69, 9.17) is 10.5 Å². The van der Waals surface area contributed by atoms with Crippen LogP contribution in [0.5, 0.6) is 0 Å². The molecule has 5 nitrogen and oxygen atoms in total. The number of benzene rings is 1. The van der Waals surface area contributed by atoms with Crippen LogP contribution in [-0.4, -0.2) is 22.1 Å². The zero-order valence-electron chi connectivity index (χ0n) is 10.7. The van der Waals surface area contributed by atoms with Crippen LogP contribution in [0.15, 0.2) is 24.3 Å². The molecule has 0 fully saturated rings. The fourth-order valence-electron chi connectivity index (χ4n) is 1.84. The quantitative estimate of drug-likeness (QED) is 0.665. The molecule has 19 heavy (non-hydrogen) atoms. The van der Waals surface area contributed by atoms with Crippen LogP contribution < -0.4 is 5.73 Å². The number of nitrogens with zero attached hydrogens (tertiary/aromatic N) is 2. The van der Waals surface area contributed by atoms with Gasteiger partial charge >= 0.3 is 5.97 Å². The first-order valence-corrected chi connectivity index (χ1v) is 6.90. The van der Waals surface area contributed by atoms with Gasteiger partial charge in [-0.3, -0.25) is 4.57 Å². The minimum atomic E-state index is -0.493. The van der Waals surface area contributed by atoms with Crippen LogP contribution in [0, 0.1) is 10.5 Å². The summed E-state index contributed by atoms with van der Waals surface area (Å²) in [4.78, 5) is 15.9. The van der Waals surface area contributed by atoms with Gasteiger partial charge in [-0.05, 0) is 54.6 Å². The first kappa shape index (κ1) is 13.9. The second-order valence-electron chi connectivity index (χ2n) is 3.93. The lowest BCUT2D eigenvalue weighted by atomic mass is 10.3. The molecule has 2 N–H and O–H groups in total. The number of aryl methyl sites for hydroxylation is 1. The zero-order chi connectivity index (χ0) is 14.0. The smallest absolute Gasteiger partial charge is 0.360 e. The molecule has 0 unspecified atom stereocenters. The summed E-state index contributed by atoms with van der Waals surface area (Å²) in [5.41, 5.74) is 7.06. The first-order chi connectivity index (χ1) is 9.04. The van der Waals surface area contributed by atoms with E-state index >= 15 is 0 Å². The van der Waals surface area contributed by atoms with Gasteiger partial charge in [-0.1, -0.05) is 6.07 Å². The van der Waals surface area contributed by atoms with Gasteiger partial charge in [0, 0.05) is 9.26 Å². The van der Waals surface area contributed by atoms with Crippen molar-refractivity contribution in [2.75, 3.05) is 12.3 Å². The monoisotopic (exact) mass is 371 g/mol. The van der Waals surface area contributed by atoms with E-state index in [1.165, 1.54) is 0 Å². The number of esters is 1. The lowest BCUT2D eigenvalue weighted by molar-refractivity contribution is 0.0521. The number of ether oxygens (including phenoxy) is 1. The maximum Gasteiger partial charge on any atom is 0.360 e. The fourth-order valence-corrected chi connectivity index (χ4v) is 2.37. The third-order valence-corrected chi connectivity index (χ3v) is 3.29. The highest BCUT2D eigenvalue weighted by molar-refractivity contribution is 14.1. The summed E-state index contributed by atoms with van der Waals surface area (Å²) in [6, 6.07) is 7.81. The van der Waals surface area contributed by atoms with E-state index in [1.807, 2.05) is 24.3 Å². The Morgan fingerprint density at radius 2 is 2.26 bits per heavy atom. The van der Waals surface area contributed by atoms with E-state index in [1.54, 1.807) is 18.4 Å². The van der Waals surface area contributed by atoms with Crippen LogP contribution in [0.4, 0.5) is 5.82 Å². The molecule has 0 spiro atoms. The standard InChI is InChI=1S/C13H14IN3O2/c1-3-19-13(18)11-12(15)17(8(2)16-11)10-6-4-5-9(14)7-10/h4-7H,3,15H2,1-2H3. The molecule has 2 rings (SSSR count). The van der Waals surface area contributed by atoms with Crippen LogP contribution in [-0.2, 0) is 4.74 Å². The molecule has 6 heteroatoms. The second kappa shape index (κ2) is 5.60. The molecule has 0 aliphatic heterocycles. The molecular formula is C13H14IN3O2. The van der Waals surface area contributed by atoms with Gasteiger partial charge in [-0.25, -0.2) is 9.78 Å². The highest BCUT2D eigenvalue weighted by Crippen LogP contribution is 2.22. The molecule has 0 saturated heterocycles. The zero-order valence-corrected chi connectivity index (χ0v) is 12.8. The van der Waals surface area contributed by atoms with Crippen LogP contribution in [0.25, 0.3) is 5.69 Å². The van der Waals surface area contributed by atoms with Crippen molar-refractivity contribution in [3.05, 3.63) is 39.4 Å². The third-order valence-electron chi connectivity index (χ3n) is 2.62. The summed E-state index contributed by atoms with van der Waals surface area (Å²) in [6.07, 6.45) is 0. The van der Waals surface area contributed by atoms with Crippen LogP contribution in [0.2, 0.25) is 0 Å². The number of hydrogen-bond donors (Lipinski definition) is 1. The summed E-state index contributed by atoms with van der Waals surface area (Å²) >= 11 is 2.22. The first-order valence-electron chi connectivity index (χ1n) is 5.82. The lowest BCUT2D eigenvalue weighted by Crippen LogP contribution is -2.09. The molecular weight excluding hydrogens is 357 g/mol. The van der Waals surface area contributed by atoms with Gasteiger partial charge in [-0.2, -0.15) is 0 Å². The normalized spacial score (nSPS) is 10.5. The van der Waals surface area contributed by atoms with Gasteiger partial charge in [0.1, 0.15) is 11.6 Å². The molecule has 0 aliphatic carbocycles. The summed E-state index contributed by atoms with van der Waals surface area (Å²) in [5.74, 6) is 0.466. The molecule has 0 radical (unpaired) electrons. The summed E-state index contributed by atoms with van der Waals surface area (Å²) in [5, 5.41) is 0. The van der Waals surface area contributed by atoms with E-state index in [0.29, 0.717) is 18.2 Å². The predicted octanol–water partition coefficient (Wildman–Crippen LogP) is 2.54. The number of imidazole rings is 1. The molecule has 2 aromatic rings. The molecule has 1 aromatic heterocycles. The van der Waals surface area contributed by atoms with Crippen LogP contribution >= 0.6 is 22.6 Å². The molecule has 1 heterocycles. The number of hydrogen-bond acceptors (Lipinski definition) is 4. The maximum atomic E-state index is 11.7. The Morgan fingerprint density at radius 1 is 1.53 bits per heavy atom. The van der Waals surface area contributed by atoms with E-state index in [-0.39, 0.29) is 5.69 Å². The fraction of sp³-hybridized carbons (Fsp3) is 0.231. The Bertz CT molecular complexity index is 622. The minimum absolute atomic E-state index is 0.165. The van der Waals surface area contributed by atoms with Crippen LogP contribution in [0.3, 0.4) is 0 Å². The van der Waals surface area contributed by atoms with E-state index in [9.17, 15) is 4.79 Å². The Hall–Kier alpha value is -1.57. The van der Waals surface area contributed by atoms with Crippen molar-refractivity contribution in [3.8, 4) is 5.69 Å². The molecule has 100 valence electrons. The molecule has 0 aliphatic rings. The Labute approximate surface area is 124 Å². The van der Waals surface area contributed by atoms with Gasteiger partial charge in [0.2, 0.25) is 0 Å². The number of nitrogen functional groups attached to an aromatic ring is 1. The van der Waals surface area contributed by atoms with Gasteiger partial charge in [0.15, 0.2) is 5.69 Å². The topological polar surface area (TPSA) is 70.1 Å². The van der Waals surface area contributed by atoms with Crippen molar-refractivity contribution in [2.45, 2.75) is 13.8 Å². The van der Waals surface area contributed by atoms with E-state index in [2.05, 4.69) is 27.6 Å². The Kier molecular flexibility index (Phi) is 4.08. The second-order valence-corrected chi connectivity index (χ2v) is 5.17. The third kappa shape index (κ3) is 2.73. The average Bonchev–Trinajstić information content (AvgIpc) is 2.65. The number of anilines is 1. The summed E-state index contributed by atoms with van der Waals surface area (Å²) in [6.45, 7) is 3.85. The van der Waals surface area contributed by atoms with E-state index in [0.717, 1.165) is 9.26 Å². The van der Waals surface area contributed by atoms with Crippen molar-refractivity contribution in [1.82, 2.24) is 9.55 Å². The summed E-state index contributed by atoms with van der Waals surface area (Å²) < 4.78 is 7.77. The molecule has 0 atom stereocenters. The number of aromatic nitrogens is 2. The average molecular weight is 371 g/mol. The molecule has 1 aromatic carbocycles. The van der Waals surface area contributed by atoms with Gasteiger partial charge in [0.25, 0.3) is 0 Å². The minimum Gasteiger partial charge on any atom is -0.461 e. The largest absolute Gasteiger partial charge is 0.461 e. The Balaban J connectivity index is 2.51. The van der Waals surface area contributed by atoms with Crippen LogP contribution in [0.1, 0.15) is 23.2 Å². The van der Waals surface area contributed by atoms with Crippen molar-refractivity contribution >= 4 is 34.4 Å². The van der Waals surface area contributed by atoms with Gasteiger partial charge in [0.05, 0.1) is 6.61 Å². The highest BCUT2D eigenvalue weighted by Gasteiger charge is 2.20. The van der Waals surface area contributed by atoms with Gasteiger partial charge < -0.3 is 10.5 Å². The molecule has 0 saturated carbocycles. The number of halogens is 1. The predicted molar refractivity (Wildman–Crippen MR) is 81.4 cm³/mol.